The number of amides is 1. The third-order valence-corrected chi connectivity index (χ3v) is 3.27. The van der Waals surface area contributed by atoms with Gasteiger partial charge in [0.15, 0.2) is 5.78 Å². The summed E-state index contributed by atoms with van der Waals surface area (Å²) in [6, 6.07) is 7.00. The Morgan fingerprint density at radius 3 is 2.95 bits per heavy atom. The lowest BCUT2D eigenvalue weighted by Crippen LogP contribution is -2.15. The van der Waals surface area contributed by atoms with Crippen LogP contribution in [0.5, 0.6) is 0 Å². The van der Waals surface area contributed by atoms with Crippen molar-refractivity contribution in [1.82, 2.24) is 0 Å². The lowest BCUT2D eigenvalue weighted by molar-refractivity contribution is -0.116. The van der Waals surface area contributed by atoms with E-state index in [0.717, 1.165) is 25.9 Å². The molecule has 102 valence electrons. The molecule has 0 saturated carbocycles. The Hall–Kier alpha value is -1.68. The van der Waals surface area contributed by atoms with Gasteiger partial charge >= 0.3 is 0 Å². The summed E-state index contributed by atoms with van der Waals surface area (Å²) in [5.74, 6) is -0.0355. The molecule has 1 aliphatic heterocycles. The third kappa shape index (κ3) is 4.17. The number of anilines is 1. The molecular weight excluding hydrogens is 242 g/mol. The number of carbonyl (C=O) groups is 2. The van der Waals surface area contributed by atoms with Gasteiger partial charge in [-0.05, 0) is 38.3 Å². The van der Waals surface area contributed by atoms with Crippen LogP contribution in [0.25, 0.3) is 0 Å². The molecule has 1 saturated heterocycles. The molecule has 1 atom stereocenters. The first-order valence-electron chi connectivity index (χ1n) is 6.67. The molecule has 1 amide bonds. The quantitative estimate of drug-likeness (QED) is 0.829. The van der Waals surface area contributed by atoms with Gasteiger partial charge in [-0.25, -0.2) is 0 Å². The topological polar surface area (TPSA) is 55.4 Å². The molecule has 1 aliphatic rings. The van der Waals surface area contributed by atoms with Crippen LogP contribution in [0.15, 0.2) is 24.3 Å². The Bertz CT molecular complexity index is 464. The zero-order chi connectivity index (χ0) is 13.7. The fraction of sp³-hybridized carbons (Fsp3) is 0.467. The largest absolute Gasteiger partial charge is 0.378 e. The van der Waals surface area contributed by atoms with Crippen LogP contribution in [0.4, 0.5) is 5.69 Å². The predicted octanol–water partition coefficient (Wildman–Crippen LogP) is 2.79. The van der Waals surface area contributed by atoms with E-state index in [4.69, 9.17) is 4.74 Å². The maximum atomic E-state index is 11.8. The summed E-state index contributed by atoms with van der Waals surface area (Å²) < 4.78 is 5.48. The number of ketones is 1. The number of ether oxygens (including phenoxy) is 1. The summed E-state index contributed by atoms with van der Waals surface area (Å²) in [5, 5.41) is 2.81. The second-order valence-corrected chi connectivity index (χ2v) is 4.86. The summed E-state index contributed by atoms with van der Waals surface area (Å²) in [5.41, 5.74) is 1.28. The van der Waals surface area contributed by atoms with Gasteiger partial charge in [-0.15, -0.1) is 0 Å². The van der Waals surface area contributed by atoms with Crippen LogP contribution < -0.4 is 5.32 Å². The Balaban J connectivity index is 1.84. The monoisotopic (exact) mass is 261 g/mol. The van der Waals surface area contributed by atoms with E-state index in [1.54, 1.807) is 24.3 Å². The average molecular weight is 261 g/mol. The summed E-state index contributed by atoms with van der Waals surface area (Å²) >= 11 is 0. The molecule has 1 aromatic rings. The van der Waals surface area contributed by atoms with Crippen LogP contribution >= 0.6 is 0 Å². The minimum Gasteiger partial charge on any atom is -0.378 e. The van der Waals surface area contributed by atoms with Gasteiger partial charge in [0.25, 0.3) is 0 Å². The second-order valence-electron chi connectivity index (χ2n) is 4.86. The molecule has 0 bridgehead atoms. The van der Waals surface area contributed by atoms with Gasteiger partial charge in [0.2, 0.25) is 5.91 Å². The number of hydrogen-bond donors (Lipinski definition) is 1. The SMILES string of the molecule is CC(=O)c1cccc(NC(=O)CCC2CCCO2)c1. The third-order valence-electron chi connectivity index (χ3n) is 3.27. The molecule has 0 spiro atoms. The normalized spacial score (nSPS) is 18.3. The van der Waals surface area contributed by atoms with Crippen molar-refractivity contribution >= 4 is 17.4 Å². The van der Waals surface area contributed by atoms with E-state index in [2.05, 4.69) is 5.32 Å². The molecule has 1 N–H and O–H groups in total. The van der Waals surface area contributed by atoms with Gasteiger partial charge in [0.05, 0.1) is 6.10 Å². The minimum absolute atomic E-state index is 0.00421. The molecule has 19 heavy (non-hydrogen) atoms. The Morgan fingerprint density at radius 1 is 1.42 bits per heavy atom. The van der Waals surface area contributed by atoms with Gasteiger partial charge < -0.3 is 10.1 Å². The number of benzene rings is 1. The Labute approximate surface area is 113 Å². The van der Waals surface area contributed by atoms with E-state index >= 15 is 0 Å². The molecule has 1 fully saturated rings. The summed E-state index contributed by atoms with van der Waals surface area (Å²) in [7, 11) is 0. The van der Waals surface area contributed by atoms with E-state index in [9.17, 15) is 9.59 Å². The number of carbonyl (C=O) groups excluding carboxylic acids is 2. The highest BCUT2D eigenvalue weighted by molar-refractivity contribution is 5.97. The van der Waals surface area contributed by atoms with E-state index in [1.807, 2.05) is 0 Å². The number of nitrogens with one attached hydrogen (secondary N) is 1. The maximum absolute atomic E-state index is 11.8. The molecule has 0 aromatic heterocycles. The lowest BCUT2D eigenvalue weighted by atomic mass is 10.1. The van der Waals surface area contributed by atoms with Crippen molar-refractivity contribution in [2.24, 2.45) is 0 Å². The first-order valence-corrected chi connectivity index (χ1v) is 6.67. The standard InChI is InChI=1S/C15H19NO3/c1-11(17)12-4-2-5-13(10-12)16-15(18)8-7-14-6-3-9-19-14/h2,4-5,10,14H,3,6-9H2,1H3,(H,16,18). The molecule has 4 nitrogen and oxygen atoms in total. The Kier molecular flexibility index (Phi) is 4.68. The first-order chi connectivity index (χ1) is 9.15. The lowest BCUT2D eigenvalue weighted by Gasteiger charge is -2.09. The van der Waals surface area contributed by atoms with Crippen molar-refractivity contribution < 1.29 is 14.3 Å². The summed E-state index contributed by atoms with van der Waals surface area (Å²) in [4.78, 5) is 23.1. The van der Waals surface area contributed by atoms with E-state index in [-0.39, 0.29) is 17.8 Å². The fourth-order valence-electron chi connectivity index (χ4n) is 2.20. The minimum atomic E-state index is -0.0313. The van der Waals surface area contributed by atoms with Crippen LogP contribution in [0.3, 0.4) is 0 Å². The van der Waals surface area contributed by atoms with Crippen LogP contribution in [0.1, 0.15) is 43.0 Å². The van der Waals surface area contributed by atoms with Gasteiger partial charge in [-0.1, -0.05) is 12.1 Å². The molecule has 1 unspecified atom stereocenters. The van der Waals surface area contributed by atoms with Crippen molar-refractivity contribution in [2.45, 2.75) is 38.7 Å². The fourth-order valence-corrected chi connectivity index (χ4v) is 2.20. The van der Waals surface area contributed by atoms with E-state index in [1.165, 1.54) is 6.92 Å². The molecule has 0 aliphatic carbocycles. The van der Waals surface area contributed by atoms with Gasteiger partial charge in [-0.2, -0.15) is 0 Å². The highest BCUT2D eigenvalue weighted by Crippen LogP contribution is 2.17. The first kappa shape index (κ1) is 13.7. The van der Waals surface area contributed by atoms with Crippen molar-refractivity contribution in [3.8, 4) is 0 Å². The maximum Gasteiger partial charge on any atom is 0.224 e. The zero-order valence-electron chi connectivity index (χ0n) is 11.1. The van der Waals surface area contributed by atoms with Crippen molar-refractivity contribution in [3.63, 3.8) is 0 Å². The smallest absolute Gasteiger partial charge is 0.224 e. The van der Waals surface area contributed by atoms with Crippen molar-refractivity contribution in [2.75, 3.05) is 11.9 Å². The molecule has 4 heteroatoms. The Morgan fingerprint density at radius 2 is 2.26 bits per heavy atom. The highest BCUT2D eigenvalue weighted by Gasteiger charge is 2.16. The van der Waals surface area contributed by atoms with E-state index < -0.39 is 0 Å². The highest BCUT2D eigenvalue weighted by atomic mass is 16.5. The van der Waals surface area contributed by atoms with Crippen LogP contribution in [0, 0.1) is 0 Å². The van der Waals surface area contributed by atoms with Crippen LogP contribution in [-0.2, 0) is 9.53 Å². The van der Waals surface area contributed by atoms with E-state index in [0.29, 0.717) is 17.7 Å². The van der Waals surface area contributed by atoms with Crippen molar-refractivity contribution in [3.05, 3.63) is 29.8 Å². The second kappa shape index (κ2) is 6.48. The molecular formula is C15H19NO3. The molecule has 2 rings (SSSR count). The van der Waals surface area contributed by atoms with Crippen LogP contribution in [0.2, 0.25) is 0 Å². The number of hydrogen-bond acceptors (Lipinski definition) is 3. The molecule has 0 radical (unpaired) electrons. The number of Topliss-reactive ketones (excluding diaryl/α,β-unsaturated/α-hetero) is 1. The average Bonchev–Trinajstić information content (AvgIpc) is 2.90. The van der Waals surface area contributed by atoms with Gasteiger partial charge in [0.1, 0.15) is 0 Å². The molecule has 1 aromatic carbocycles. The zero-order valence-corrected chi connectivity index (χ0v) is 11.1. The number of rotatable bonds is 5. The van der Waals surface area contributed by atoms with Crippen LogP contribution in [-0.4, -0.2) is 24.4 Å². The van der Waals surface area contributed by atoms with Gasteiger partial charge in [-0.3, -0.25) is 9.59 Å². The summed E-state index contributed by atoms with van der Waals surface area (Å²) in [6.07, 6.45) is 3.59. The summed E-state index contributed by atoms with van der Waals surface area (Å²) in [6.45, 7) is 2.32. The van der Waals surface area contributed by atoms with Gasteiger partial charge in [0, 0.05) is 24.3 Å². The molecule has 1 heterocycles. The van der Waals surface area contributed by atoms with Crippen molar-refractivity contribution in [1.29, 1.82) is 0 Å². The predicted molar refractivity (Wildman–Crippen MR) is 73.3 cm³/mol.